The van der Waals surface area contributed by atoms with E-state index in [4.69, 9.17) is 0 Å². The zero-order valence-electron chi connectivity index (χ0n) is 10.3. The Morgan fingerprint density at radius 2 is 1.65 bits per heavy atom. The molecule has 20 heavy (non-hydrogen) atoms. The highest BCUT2D eigenvalue weighted by molar-refractivity contribution is 6.68. The van der Waals surface area contributed by atoms with Crippen molar-refractivity contribution in [3.8, 4) is 0 Å². The van der Waals surface area contributed by atoms with E-state index < -0.39 is 6.03 Å². The fraction of sp³-hybridized carbons (Fsp3) is 0. The summed E-state index contributed by atoms with van der Waals surface area (Å²) in [6.07, 6.45) is 1.40. The minimum Gasteiger partial charge on any atom is -0.244 e. The van der Waals surface area contributed by atoms with Gasteiger partial charge in [0.05, 0.1) is 6.21 Å². The van der Waals surface area contributed by atoms with Gasteiger partial charge in [-0.25, -0.2) is 14.8 Å². The molecule has 0 spiro atoms. The Kier molecular flexibility index (Phi) is 2.20. The van der Waals surface area contributed by atoms with Gasteiger partial charge < -0.3 is 0 Å². The van der Waals surface area contributed by atoms with Crippen LogP contribution in [0.2, 0.25) is 0 Å². The van der Waals surface area contributed by atoms with Crippen molar-refractivity contribution in [2.24, 2.45) is 20.0 Å². The standard InChI is InChI=1S/C15H8N4O/c20-15-16-8-12-14(19-15)18-13(17-12)11-6-5-9-3-1-2-4-10(9)7-11/h1-8H. The Morgan fingerprint density at radius 3 is 2.55 bits per heavy atom. The second-order valence-electron chi connectivity index (χ2n) is 4.47. The molecule has 94 valence electrons. The predicted molar refractivity (Wildman–Crippen MR) is 79.2 cm³/mol. The third kappa shape index (κ3) is 1.68. The maximum absolute atomic E-state index is 11.1. The molecule has 2 aromatic carbocycles. The molecule has 0 aromatic heterocycles. The first-order chi connectivity index (χ1) is 9.79. The molecule has 2 aliphatic heterocycles. The monoisotopic (exact) mass is 260 g/mol. The molecule has 2 amide bonds. The highest BCUT2D eigenvalue weighted by Crippen LogP contribution is 2.18. The van der Waals surface area contributed by atoms with Gasteiger partial charge >= 0.3 is 6.03 Å². The number of urea groups is 1. The second-order valence-corrected chi connectivity index (χ2v) is 4.47. The van der Waals surface area contributed by atoms with Gasteiger partial charge in [-0.2, -0.15) is 9.98 Å². The maximum Gasteiger partial charge on any atom is 0.369 e. The van der Waals surface area contributed by atoms with E-state index in [0.29, 0.717) is 17.4 Å². The lowest BCUT2D eigenvalue weighted by molar-refractivity contribution is 0.257. The second kappa shape index (κ2) is 4.03. The van der Waals surface area contributed by atoms with Crippen LogP contribution in [0, 0.1) is 0 Å². The summed E-state index contributed by atoms with van der Waals surface area (Å²) in [5, 5.41) is 2.28. The van der Waals surface area contributed by atoms with Crippen molar-refractivity contribution < 1.29 is 4.79 Å². The molecule has 0 atom stereocenters. The van der Waals surface area contributed by atoms with Gasteiger partial charge in [-0.15, -0.1) is 0 Å². The number of aliphatic imine (C=N–C) groups is 4. The molecule has 2 aliphatic rings. The van der Waals surface area contributed by atoms with E-state index in [9.17, 15) is 4.79 Å². The van der Waals surface area contributed by atoms with Crippen LogP contribution in [0.25, 0.3) is 10.8 Å². The molecule has 4 rings (SSSR count). The Labute approximate surface area is 114 Å². The summed E-state index contributed by atoms with van der Waals surface area (Å²) in [4.78, 5) is 27.1. The maximum atomic E-state index is 11.1. The van der Waals surface area contributed by atoms with Gasteiger partial charge in [0.15, 0.2) is 11.7 Å². The number of carbonyl (C=O) groups is 1. The highest BCUT2D eigenvalue weighted by Gasteiger charge is 2.21. The van der Waals surface area contributed by atoms with E-state index in [1.165, 1.54) is 6.21 Å². The van der Waals surface area contributed by atoms with Crippen LogP contribution in [0.3, 0.4) is 0 Å². The number of rotatable bonds is 1. The predicted octanol–water partition coefficient (Wildman–Crippen LogP) is 2.64. The summed E-state index contributed by atoms with van der Waals surface area (Å²) in [5.41, 5.74) is 1.43. The van der Waals surface area contributed by atoms with Crippen LogP contribution in [0.4, 0.5) is 4.79 Å². The van der Waals surface area contributed by atoms with Gasteiger partial charge in [0.2, 0.25) is 0 Å². The molecule has 0 bridgehead atoms. The molecular weight excluding hydrogens is 252 g/mol. The zero-order valence-corrected chi connectivity index (χ0v) is 10.3. The van der Waals surface area contributed by atoms with Crippen LogP contribution >= 0.6 is 0 Å². The molecular formula is C15H8N4O. The van der Waals surface area contributed by atoms with E-state index in [2.05, 4.69) is 26.0 Å². The molecule has 0 aliphatic carbocycles. The summed E-state index contributed by atoms with van der Waals surface area (Å²) in [7, 11) is 0. The van der Waals surface area contributed by atoms with Gasteiger partial charge in [0.1, 0.15) is 5.71 Å². The van der Waals surface area contributed by atoms with Gasteiger partial charge in [-0.3, -0.25) is 0 Å². The highest BCUT2D eigenvalue weighted by atomic mass is 16.2. The smallest absolute Gasteiger partial charge is 0.244 e. The Bertz CT molecular complexity index is 874. The van der Waals surface area contributed by atoms with Crippen LogP contribution < -0.4 is 0 Å². The van der Waals surface area contributed by atoms with Crippen LogP contribution in [-0.2, 0) is 0 Å². The van der Waals surface area contributed by atoms with Crippen LogP contribution in [0.5, 0.6) is 0 Å². The fourth-order valence-electron chi connectivity index (χ4n) is 2.21. The number of hydrogen-bond acceptors (Lipinski definition) is 3. The van der Waals surface area contributed by atoms with Gasteiger partial charge in [0.25, 0.3) is 0 Å². The lowest BCUT2D eigenvalue weighted by Gasteiger charge is -2.00. The summed E-state index contributed by atoms with van der Waals surface area (Å²) in [5.74, 6) is 0.902. The van der Waals surface area contributed by atoms with E-state index in [1.54, 1.807) is 0 Å². The Balaban J connectivity index is 1.83. The van der Waals surface area contributed by atoms with Crippen molar-refractivity contribution in [2.75, 3.05) is 0 Å². The fourth-order valence-corrected chi connectivity index (χ4v) is 2.21. The molecule has 5 nitrogen and oxygen atoms in total. The quantitative estimate of drug-likeness (QED) is 0.777. The first-order valence-electron chi connectivity index (χ1n) is 6.13. The van der Waals surface area contributed by atoms with Crippen molar-refractivity contribution >= 4 is 40.4 Å². The SMILES string of the molecule is O=C1N=CC2=NC(c3ccc4ccccc4c3)=NC2=N1. The largest absolute Gasteiger partial charge is 0.369 e. The summed E-state index contributed by atoms with van der Waals surface area (Å²) in [6.45, 7) is 0. The van der Waals surface area contributed by atoms with Crippen molar-refractivity contribution in [3.05, 3.63) is 48.0 Å². The zero-order chi connectivity index (χ0) is 13.5. The minimum atomic E-state index is -0.539. The van der Waals surface area contributed by atoms with Crippen molar-refractivity contribution in [2.45, 2.75) is 0 Å². The average molecular weight is 260 g/mol. The first kappa shape index (κ1) is 10.9. The molecule has 0 unspecified atom stereocenters. The number of nitrogens with zero attached hydrogens (tertiary/aromatic N) is 4. The number of benzene rings is 2. The van der Waals surface area contributed by atoms with Gasteiger partial charge in [0, 0.05) is 5.56 Å². The van der Waals surface area contributed by atoms with E-state index >= 15 is 0 Å². The topological polar surface area (TPSA) is 66.5 Å². The number of amidine groups is 2. The van der Waals surface area contributed by atoms with Gasteiger partial charge in [-0.05, 0) is 16.8 Å². The van der Waals surface area contributed by atoms with Crippen molar-refractivity contribution in [1.29, 1.82) is 0 Å². The molecule has 0 saturated carbocycles. The normalized spacial score (nSPS) is 16.8. The molecule has 2 aromatic rings. The molecule has 0 saturated heterocycles. The van der Waals surface area contributed by atoms with Crippen molar-refractivity contribution in [3.63, 3.8) is 0 Å². The number of amides is 2. The van der Waals surface area contributed by atoms with E-state index in [0.717, 1.165) is 16.3 Å². The van der Waals surface area contributed by atoms with E-state index in [1.807, 2.05) is 36.4 Å². The van der Waals surface area contributed by atoms with Gasteiger partial charge in [-0.1, -0.05) is 36.4 Å². The van der Waals surface area contributed by atoms with Crippen molar-refractivity contribution in [1.82, 2.24) is 0 Å². The van der Waals surface area contributed by atoms with Crippen LogP contribution in [0.1, 0.15) is 5.56 Å². The third-order valence-electron chi connectivity index (χ3n) is 3.17. The van der Waals surface area contributed by atoms with Crippen LogP contribution in [0.15, 0.2) is 62.4 Å². The summed E-state index contributed by atoms with van der Waals surface area (Å²) >= 11 is 0. The average Bonchev–Trinajstić information content (AvgIpc) is 2.89. The number of fused-ring (bicyclic) bond motifs is 2. The molecule has 0 N–H and O–H groups in total. The molecule has 0 fully saturated rings. The Morgan fingerprint density at radius 1 is 0.800 bits per heavy atom. The lowest BCUT2D eigenvalue weighted by atomic mass is 10.1. The Hall–Kier alpha value is -2.95. The molecule has 0 radical (unpaired) electrons. The number of carbonyl (C=O) groups excluding carboxylic acids is 1. The molecule has 2 heterocycles. The van der Waals surface area contributed by atoms with E-state index in [-0.39, 0.29) is 0 Å². The third-order valence-corrected chi connectivity index (χ3v) is 3.17. The first-order valence-corrected chi connectivity index (χ1v) is 6.13. The summed E-state index contributed by atoms with van der Waals surface area (Å²) < 4.78 is 0. The summed E-state index contributed by atoms with van der Waals surface area (Å²) in [6, 6.07) is 13.5. The minimum absolute atomic E-state index is 0.341. The van der Waals surface area contributed by atoms with Crippen LogP contribution in [-0.4, -0.2) is 29.6 Å². The number of hydrogen-bond donors (Lipinski definition) is 0. The lowest BCUT2D eigenvalue weighted by Crippen LogP contribution is -2.16. The molecule has 5 heteroatoms.